The Morgan fingerprint density at radius 2 is 2.11 bits per heavy atom. The standard InChI is InChI=1S/C14H17F2NO/c1-2-3-4-5-8-17-10-14(18)12-7-6-11(15)9-13(12)16/h1,6-7,9,14,17-18H,3-5,8,10H2. The summed E-state index contributed by atoms with van der Waals surface area (Å²) in [5.41, 5.74) is 0.104. The van der Waals surface area contributed by atoms with Crippen LogP contribution in [0.4, 0.5) is 8.78 Å². The quantitative estimate of drug-likeness (QED) is 0.577. The van der Waals surface area contributed by atoms with E-state index < -0.39 is 17.7 Å². The summed E-state index contributed by atoms with van der Waals surface area (Å²) < 4.78 is 26.0. The van der Waals surface area contributed by atoms with E-state index in [0.29, 0.717) is 6.54 Å². The van der Waals surface area contributed by atoms with Gasteiger partial charge in [-0.2, -0.15) is 0 Å². The van der Waals surface area contributed by atoms with E-state index in [0.717, 1.165) is 31.4 Å². The van der Waals surface area contributed by atoms with Crippen LogP contribution in [-0.2, 0) is 0 Å². The maximum Gasteiger partial charge on any atom is 0.131 e. The fraction of sp³-hybridized carbons (Fsp3) is 0.429. The van der Waals surface area contributed by atoms with Crippen molar-refractivity contribution in [1.82, 2.24) is 5.32 Å². The molecule has 0 aliphatic carbocycles. The molecule has 0 saturated heterocycles. The van der Waals surface area contributed by atoms with Gasteiger partial charge >= 0.3 is 0 Å². The predicted molar refractivity (Wildman–Crippen MR) is 66.9 cm³/mol. The average molecular weight is 253 g/mol. The fourth-order valence-electron chi connectivity index (χ4n) is 1.60. The summed E-state index contributed by atoms with van der Waals surface area (Å²) in [4.78, 5) is 0. The van der Waals surface area contributed by atoms with E-state index in [-0.39, 0.29) is 12.1 Å². The van der Waals surface area contributed by atoms with Gasteiger partial charge in [0.15, 0.2) is 0 Å². The topological polar surface area (TPSA) is 32.3 Å². The van der Waals surface area contributed by atoms with Crippen molar-refractivity contribution in [2.45, 2.75) is 25.4 Å². The van der Waals surface area contributed by atoms with Gasteiger partial charge in [-0.3, -0.25) is 0 Å². The highest BCUT2D eigenvalue weighted by atomic mass is 19.1. The summed E-state index contributed by atoms with van der Waals surface area (Å²) in [6, 6.07) is 3.16. The zero-order chi connectivity index (χ0) is 13.4. The molecule has 1 unspecified atom stereocenters. The Hall–Kier alpha value is -1.44. The second kappa shape index (κ2) is 7.80. The van der Waals surface area contributed by atoms with Crippen LogP contribution in [0.3, 0.4) is 0 Å². The molecule has 98 valence electrons. The molecule has 1 aromatic rings. The molecular formula is C14H17F2NO. The Bertz CT molecular complexity index is 415. The third kappa shape index (κ3) is 4.82. The SMILES string of the molecule is C#CCCCCNCC(O)c1ccc(F)cc1F. The number of nitrogens with one attached hydrogen (secondary N) is 1. The lowest BCUT2D eigenvalue weighted by molar-refractivity contribution is 0.170. The van der Waals surface area contributed by atoms with E-state index in [1.54, 1.807) is 0 Å². The molecule has 0 radical (unpaired) electrons. The number of hydrogen-bond acceptors (Lipinski definition) is 2. The van der Waals surface area contributed by atoms with Crippen LogP contribution in [0.5, 0.6) is 0 Å². The number of rotatable bonds is 7. The maximum absolute atomic E-state index is 13.3. The van der Waals surface area contributed by atoms with E-state index in [4.69, 9.17) is 6.42 Å². The molecule has 0 fully saturated rings. The first kappa shape index (κ1) is 14.6. The summed E-state index contributed by atoms with van der Waals surface area (Å²) in [5, 5.41) is 12.7. The van der Waals surface area contributed by atoms with Crippen LogP contribution in [0.1, 0.15) is 30.9 Å². The smallest absolute Gasteiger partial charge is 0.131 e. The van der Waals surface area contributed by atoms with Crippen molar-refractivity contribution in [3.63, 3.8) is 0 Å². The normalized spacial score (nSPS) is 12.1. The molecule has 0 heterocycles. The van der Waals surface area contributed by atoms with Crippen molar-refractivity contribution in [3.8, 4) is 12.3 Å². The summed E-state index contributed by atoms with van der Waals surface area (Å²) in [5.74, 6) is 1.17. The van der Waals surface area contributed by atoms with E-state index >= 15 is 0 Å². The van der Waals surface area contributed by atoms with Crippen molar-refractivity contribution < 1.29 is 13.9 Å². The number of aliphatic hydroxyl groups is 1. The number of hydrogen-bond donors (Lipinski definition) is 2. The lowest BCUT2D eigenvalue weighted by Crippen LogP contribution is -2.23. The van der Waals surface area contributed by atoms with Crippen LogP contribution in [-0.4, -0.2) is 18.2 Å². The number of benzene rings is 1. The molecule has 0 bridgehead atoms. The molecule has 4 heteroatoms. The fourth-order valence-corrected chi connectivity index (χ4v) is 1.60. The molecule has 1 aromatic carbocycles. The van der Waals surface area contributed by atoms with Gasteiger partial charge in [-0.1, -0.05) is 6.07 Å². The average Bonchev–Trinajstić information content (AvgIpc) is 2.33. The highest BCUT2D eigenvalue weighted by Gasteiger charge is 2.12. The molecule has 1 rings (SSSR count). The van der Waals surface area contributed by atoms with E-state index in [1.807, 2.05) is 0 Å². The maximum atomic E-state index is 13.3. The van der Waals surface area contributed by atoms with Crippen LogP contribution < -0.4 is 5.32 Å². The van der Waals surface area contributed by atoms with Gasteiger partial charge in [-0.05, 0) is 25.5 Å². The van der Waals surface area contributed by atoms with Gasteiger partial charge in [0.2, 0.25) is 0 Å². The zero-order valence-electron chi connectivity index (χ0n) is 10.1. The monoisotopic (exact) mass is 253 g/mol. The minimum Gasteiger partial charge on any atom is -0.387 e. The highest BCUT2D eigenvalue weighted by Crippen LogP contribution is 2.17. The molecule has 0 aliphatic heterocycles. The largest absolute Gasteiger partial charge is 0.387 e. The van der Waals surface area contributed by atoms with E-state index in [1.165, 1.54) is 6.07 Å². The van der Waals surface area contributed by atoms with Crippen LogP contribution in [0.2, 0.25) is 0 Å². The molecule has 1 atom stereocenters. The van der Waals surface area contributed by atoms with Crippen molar-refractivity contribution >= 4 is 0 Å². The van der Waals surface area contributed by atoms with Crippen molar-refractivity contribution in [2.75, 3.05) is 13.1 Å². The Morgan fingerprint density at radius 3 is 2.78 bits per heavy atom. The Morgan fingerprint density at radius 1 is 1.33 bits per heavy atom. The first-order valence-electron chi connectivity index (χ1n) is 5.92. The molecule has 2 N–H and O–H groups in total. The Kier molecular flexibility index (Phi) is 6.34. The van der Waals surface area contributed by atoms with Gasteiger partial charge in [-0.15, -0.1) is 12.3 Å². The summed E-state index contributed by atoms with van der Waals surface area (Å²) in [7, 11) is 0. The molecule has 0 amide bonds. The van der Waals surface area contributed by atoms with Crippen LogP contribution >= 0.6 is 0 Å². The third-order valence-electron chi connectivity index (χ3n) is 2.58. The lowest BCUT2D eigenvalue weighted by Gasteiger charge is -2.12. The molecular weight excluding hydrogens is 236 g/mol. The first-order valence-corrected chi connectivity index (χ1v) is 5.92. The zero-order valence-corrected chi connectivity index (χ0v) is 10.1. The Labute approximate surface area is 106 Å². The minimum absolute atomic E-state index is 0.104. The van der Waals surface area contributed by atoms with Gasteiger partial charge in [0, 0.05) is 24.6 Å². The molecule has 0 spiro atoms. The molecule has 18 heavy (non-hydrogen) atoms. The summed E-state index contributed by atoms with van der Waals surface area (Å²) in [6.07, 6.45) is 6.70. The van der Waals surface area contributed by atoms with Gasteiger partial charge in [0.25, 0.3) is 0 Å². The van der Waals surface area contributed by atoms with E-state index in [9.17, 15) is 13.9 Å². The summed E-state index contributed by atoms with van der Waals surface area (Å²) in [6.45, 7) is 0.945. The predicted octanol–water partition coefficient (Wildman–Crippen LogP) is 2.39. The minimum atomic E-state index is -0.974. The molecule has 0 aromatic heterocycles. The van der Waals surface area contributed by atoms with Gasteiger partial charge in [-0.25, -0.2) is 8.78 Å². The summed E-state index contributed by atoms with van der Waals surface area (Å²) >= 11 is 0. The third-order valence-corrected chi connectivity index (χ3v) is 2.58. The number of terminal acetylenes is 1. The Balaban J connectivity index is 2.32. The molecule has 2 nitrogen and oxygen atoms in total. The van der Waals surface area contributed by atoms with Crippen molar-refractivity contribution in [1.29, 1.82) is 0 Å². The van der Waals surface area contributed by atoms with E-state index in [2.05, 4.69) is 11.2 Å². The molecule has 0 saturated carbocycles. The second-order valence-corrected chi connectivity index (χ2v) is 4.05. The first-order chi connectivity index (χ1) is 8.65. The number of halogens is 2. The van der Waals surface area contributed by atoms with Crippen molar-refractivity contribution in [3.05, 3.63) is 35.4 Å². The number of aliphatic hydroxyl groups excluding tert-OH is 1. The van der Waals surface area contributed by atoms with Crippen molar-refractivity contribution in [2.24, 2.45) is 0 Å². The lowest BCUT2D eigenvalue weighted by atomic mass is 10.1. The van der Waals surface area contributed by atoms with Crippen LogP contribution in [0, 0.1) is 24.0 Å². The van der Waals surface area contributed by atoms with Crippen LogP contribution in [0.15, 0.2) is 18.2 Å². The number of unbranched alkanes of at least 4 members (excludes halogenated alkanes) is 2. The van der Waals surface area contributed by atoms with Gasteiger partial charge in [0.1, 0.15) is 11.6 Å². The highest BCUT2D eigenvalue weighted by molar-refractivity contribution is 5.21. The molecule has 0 aliphatic rings. The van der Waals surface area contributed by atoms with Gasteiger partial charge in [0.05, 0.1) is 6.10 Å². The van der Waals surface area contributed by atoms with Gasteiger partial charge < -0.3 is 10.4 Å². The second-order valence-electron chi connectivity index (χ2n) is 4.05. The van der Waals surface area contributed by atoms with Crippen LogP contribution in [0.25, 0.3) is 0 Å².